The van der Waals surface area contributed by atoms with Crippen LogP contribution >= 0.6 is 0 Å². The van der Waals surface area contributed by atoms with Crippen molar-refractivity contribution in [2.75, 3.05) is 0 Å². The summed E-state index contributed by atoms with van der Waals surface area (Å²) in [5, 5.41) is 9.05. The molecule has 1 aromatic heterocycles. The number of hydrogen-bond acceptors (Lipinski definition) is 2. The quantitative estimate of drug-likeness (QED) is 0.760. The van der Waals surface area contributed by atoms with Crippen molar-refractivity contribution in [3.8, 4) is 5.69 Å². The predicted octanol–water partition coefficient (Wildman–Crippen LogP) is 2.46. The number of carboxylic acid groups (broad SMARTS) is 1. The van der Waals surface area contributed by atoms with Gasteiger partial charge in [-0.05, 0) is 36.8 Å². The Labute approximate surface area is 118 Å². The number of carboxylic acids is 1. The number of fused-ring (bicyclic) bond motifs is 1. The Morgan fingerprint density at radius 3 is 2.71 bits per heavy atom. The van der Waals surface area contributed by atoms with Crippen LogP contribution in [0.4, 0.5) is 4.39 Å². The second-order valence-corrected chi connectivity index (χ2v) is 4.71. The van der Waals surface area contributed by atoms with Crippen molar-refractivity contribution in [1.82, 2.24) is 9.55 Å². The minimum Gasteiger partial charge on any atom is -0.478 e. The minimum absolute atomic E-state index is 0.0317. The van der Waals surface area contributed by atoms with E-state index in [1.807, 2.05) is 0 Å². The standard InChI is InChI=1S/C15H11FN2O3/c1-8-3-2-4-10(16)13(8)18-12-7-9(14(19)20)5-6-11(12)17-15(18)21/h2-7H,1H3,(H,17,21)(H,19,20). The molecule has 3 aromatic rings. The zero-order chi connectivity index (χ0) is 15.1. The van der Waals surface area contributed by atoms with Gasteiger partial charge in [-0.3, -0.25) is 4.57 Å². The highest BCUT2D eigenvalue weighted by Gasteiger charge is 2.16. The lowest BCUT2D eigenvalue weighted by molar-refractivity contribution is 0.0697. The van der Waals surface area contributed by atoms with Crippen molar-refractivity contribution in [1.29, 1.82) is 0 Å². The summed E-state index contributed by atoms with van der Waals surface area (Å²) in [6.07, 6.45) is 0. The highest BCUT2D eigenvalue weighted by Crippen LogP contribution is 2.22. The Morgan fingerprint density at radius 1 is 1.29 bits per heavy atom. The molecule has 0 aliphatic heterocycles. The average Bonchev–Trinajstić information content (AvgIpc) is 2.74. The van der Waals surface area contributed by atoms with E-state index in [9.17, 15) is 14.0 Å². The van der Waals surface area contributed by atoms with E-state index >= 15 is 0 Å². The van der Waals surface area contributed by atoms with Gasteiger partial charge < -0.3 is 10.1 Å². The van der Waals surface area contributed by atoms with Gasteiger partial charge in [0.2, 0.25) is 0 Å². The van der Waals surface area contributed by atoms with Gasteiger partial charge in [-0.25, -0.2) is 14.0 Å². The number of rotatable bonds is 2. The summed E-state index contributed by atoms with van der Waals surface area (Å²) in [4.78, 5) is 25.8. The van der Waals surface area contributed by atoms with Gasteiger partial charge in [-0.1, -0.05) is 12.1 Å². The molecule has 0 bridgehead atoms. The van der Waals surface area contributed by atoms with Crippen molar-refractivity contribution in [2.24, 2.45) is 0 Å². The van der Waals surface area contributed by atoms with E-state index in [0.29, 0.717) is 16.6 Å². The van der Waals surface area contributed by atoms with Gasteiger partial charge in [-0.15, -0.1) is 0 Å². The maximum Gasteiger partial charge on any atom is 0.335 e. The lowest BCUT2D eigenvalue weighted by Gasteiger charge is -2.08. The number of aryl methyl sites for hydroxylation is 1. The van der Waals surface area contributed by atoms with Gasteiger partial charge in [-0.2, -0.15) is 0 Å². The van der Waals surface area contributed by atoms with Gasteiger partial charge in [0.05, 0.1) is 22.3 Å². The number of para-hydroxylation sites is 1. The summed E-state index contributed by atoms with van der Waals surface area (Å²) >= 11 is 0. The molecule has 6 heteroatoms. The number of carbonyl (C=O) groups is 1. The Hall–Kier alpha value is -2.89. The number of aromatic amines is 1. The molecule has 5 nitrogen and oxygen atoms in total. The number of aromatic carboxylic acids is 1. The number of aromatic nitrogens is 2. The number of nitrogens with zero attached hydrogens (tertiary/aromatic N) is 1. The van der Waals surface area contributed by atoms with E-state index in [1.165, 1.54) is 24.3 Å². The summed E-state index contributed by atoms with van der Waals surface area (Å²) in [5.74, 6) is -1.65. The molecule has 0 atom stereocenters. The number of benzene rings is 2. The van der Waals surface area contributed by atoms with Crippen LogP contribution in [-0.4, -0.2) is 20.6 Å². The van der Waals surface area contributed by atoms with Crippen molar-refractivity contribution >= 4 is 17.0 Å². The number of halogens is 1. The highest BCUT2D eigenvalue weighted by molar-refractivity contribution is 5.92. The van der Waals surface area contributed by atoms with Crippen LogP contribution in [0.1, 0.15) is 15.9 Å². The third kappa shape index (κ3) is 2.01. The van der Waals surface area contributed by atoms with Crippen LogP contribution in [0.25, 0.3) is 16.7 Å². The first-order chi connectivity index (χ1) is 9.99. The first-order valence-corrected chi connectivity index (χ1v) is 6.22. The Morgan fingerprint density at radius 2 is 2.05 bits per heavy atom. The Kier molecular flexibility index (Phi) is 2.86. The van der Waals surface area contributed by atoms with E-state index in [1.54, 1.807) is 19.1 Å². The van der Waals surface area contributed by atoms with Crippen LogP contribution in [0.3, 0.4) is 0 Å². The second-order valence-electron chi connectivity index (χ2n) is 4.71. The van der Waals surface area contributed by atoms with E-state index in [0.717, 1.165) is 4.57 Å². The monoisotopic (exact) mass is 286 g/mol. The van der Waals surface area contributed by atoms with Gasteiger partial charge in [0.15, 0.2) is 0 Å². The lowest BCUT2D eigenvalue weighted by atomic mass is 10.1. The highest BCUT2D eigenvalue weighted by atomic mass is 19.1. The first-order valence-electron chi connectivity index (χ1n) is 6.22. The largest absolute Gasteiger partial charge is 0.478 e. The topological polar surface area (TPSA) is 75.1 Å². The SMILES string of the molecule is Cc1cccc(F)c1-n1c(=O)[nH]c2ccc(C(=O)O)cc21. The molecular weight excluding hydrogens is 275 g/mol. The van der Waals surface area contributed by atoms with Gasteiger partial charge in [0, 0.05) is 0 Å². The van der Waals surface area contributed by atoms with Crippen LogP contribution < -0.4 is 5.69 Å². The maximum absolute atomic E-state index is 14.1. The number of H-pyrrole nitrogens is 1. The van der Waals surface area contributed by atoms with Gasteiger partial charge in [0.1, 0.15) is 5.82 Å². The molecule has 21 heavy (non-hydrogen) atoms. The molecule has 0 aliphatic carbocycles. The van der Waals surface area contributed by atoms with E-state index in [4.69, 9.17) is 5.11 Å². The number of hydrogen-bond donors (Lipinski definition) is 2. The fourth-order valence-corrected chi connectivity index (χ4v) is 2.36. The Bertz CT molecular complexity index is 904. The molecule has 2 aromatic carbocycles. The van der Waals surface area contributed by atoms with Crippen LogP contribution in [0.2, 0.25) is 0 Å². The van der Waals surface area contributed by atoms with Crippen LogP contribution in [0, 0.1) is 12.7 Å². The maximum atomic E-state index is 14.1. The zero-order valence-corrected chi connectivity index (χ0v) is 11.1. The molecule has 2 N–H and O–H groups in total. The molecule has 0 saturated heterocycles. The molecular formula is C15H11FN2O3. The summed E-state index contributed by atoms with van der Waals surface area (Å²) in [5.41, 5.74) is 1.00. The summed E-state index contributed by atoms with van der Waals surface area (Å²) in [7, 11) is 0. The smallest absolute Gasteiger partial charge is 0.335 e. The summed E-state index contributed by atoms with van der Waals surface area (Å²) in [6, 6.07) is 8.73. The van der Waals surface area contributed by atoms with E-state index in [-0.39, 0.29) is 11.3 Å². The molecule has 0 radical (unpaired) electrons. The molecule has 1 heterocycles. The van der Waals surface area contributed by atoms with Crippen molar-refractivity contribution in [2.45, 2.75) is 6.92 Å². The van der Waals surface area contributed by atoms with Gasteiger partial charge in [0.25, 0.3) is 0 Å². The van der Waals surface area contributed by atoms with Gasteiger partial charge >= 0.3 is 11.7 Å². The summed E-state index contributed by atoms with van der Waals surface area (Å²) < 4.78 is 15.2. The Balaban J connectivity index is 2.42. The third-order valence-electron chi connectivity index (χ3n) is 3.34. The molecule has 0 fully saturated rings. The zero-order valence-electron chi connectivity index (χ0n) is 11.1. The van der Waals surface area contributed by atoms with Crippen molar-refractivity contribution in [3.63, 3.8) is 0 Å². The lowest BCUT2D eigenvalue weighted by Crippen LogP contribution is -2.17. The van der Waals surface area contributed by atoms with Crippen LogP contribution in [0.15, 0.2) is 41.2 Å². The summed E-state index contributed by atoms with van der Waals surface area (Å²) in [6.45, 7) is 1.69. The molecule has 0 unspecified atom stereocenters. The number of nitrogens with one attached hydrogen (secondary N) is 1. The van der Waals surface area contributed by atoms with E-state index < -0.39 is 17.5 Å². The minimum atomic E-state index is -1.11. The molecule has 3 rings (SSSR count). The molecule has 0 amide bonds. The van der Waals surface area contributed by atoms with Crippen molar-refractivity contribution in [3.05, 3.63) is 63.8 Å². The van der Waals surface area contributed by atoms with Crippen LogP contribution in [-0.2, 0) is 0 Å². The molecule has 0 saturated carbocycles. The third-order valence-corrected chi connectivity index (χ3v) is 3.34. The first kappa shape index (κ1) is 13.1. The van der Waals surface area contributed by atoms with E-state index in [2.05, 4.69) is 4.98 Å². The van der Waals surface area contributed by atoms with Crippen LogP contribution in [0.5, 0.6) is 0 Å². The normalized spacial score (nSPS) is 11.0. The average molecular weight is 286 g/mol. The molecule has 0 spiro atoms. The predicted molar refractivity (Wildman–Crippen MR) is 75.6 cm³/mol. The van der Waals surface area contributed by atoms with Crippen molar-refractivity contribution < 1.29 is 14.3 Å². The molecule has 106 valence electrons. The second kappa shape index (κ2) is 4.59. The fraction of sp³-hybridized carbons (Fsp3) is 0.0667. The number of imidazole rings is 1. The fourth-order valence-electron chi connectivity index (χ4n) is 2.36. The molecule has 0 aliphatic rings.